The molecule has 1 aromatic carbocycles. The molecule has 0 amide bonds. The third kappa shape index (κ3) is 3.95. The van der Waals surface area contributed by atoms with Gasteiger partial charge in [0.2, 0.25) is 5.88 Å². The van der Waals surface area contributed by atoms with E-state index in [0.29, 0.717) is 16.9 Å². The summed E-state index contributed by atoms with van der Waals surface area (Å²) in [5, 5.41) is 4.08. The molecule has 0 aliphatic carbocycles. The first-order valence-corrected chi connectivity index (χ1v) is 7.05. The molecule has 0 atom stereocenters. The maximum Gasteiger partial charge on any atom is 0.223 e. The summed E-state index contributed by atoms with van der Waals surface area (Å²) < 4.78 is 5.92. The normalized spacial score (nSPS) is 10.8. The molecule has 0 spiro atoms. The average molecular weight is 291 g/mol. The first kappa shape index (κ1) is 14.8. The molecular formula is C16H19ClN2O. The molecule has 106 valence electrons. The maximum absolute atomic E-state index is 5.95. The number of aryl methyl sites for hydroxylation is 1. The molecule has 0 unspecified atom stereocenters. The van der Waals surface area contributed by atoms with Crippen LogP contribution < -0.4 is 10.1 Å². The monoisotopic (exact) mass is 290 g/mol. The van der Waals surface area contributed by atoms with Gasteiger partial charge in [0.1, 0.15) is 5.75 Å². The van der Waals surface area contributed by atoms with Crippen LogP contribution >= 0.6 is 11.6 Å². The van der Waals surface area contributed by atoms with Crippen molar-refractivity contribution in [3.63, 3.8) is 0 Å². The van der Waals surface area contributed by atoms with Crippen molar-refractivity contribution in [2.75, 3.05) is 0 Å². The second-order valence-electron chi connectivity index (χ2n) is 5.02. The minimum absolute atomic E-state index is 0.417. The zero-order valence-corrected chi connectivity index (χ0v) is 12.7. The molecule has 2 aromatic rings. The smallest absolute Gasteiger partial charge is 0.223 e. The zero-order chi connectivity index (χ0) is 14.5. The van der Waals surface area contributed by atoms with Crippen LogP contribution in [0, 0.1) is 6.92 Å². The highest BCUT2D eigenvalue weighted by atomic mass is 35.5. The van der Waals surface area contributed by atoms with Gasteiger partial charge in [-0.15, -0.1) is 0 Å². The summed E-state index contributed by atoms with van der Waals surface area (Å²) in [5.41, 5.74) is 2.03. The number of ether oxygens (including phenoxy) is 1. The Kier molecular flexibility index (Phi) is 4.99. The van der Waals surface area contributed by atoms with Crippen LogP contribution in [0.4, 0.5) is 0 Å². The van der Waals surface area contributed by atoms with E-state index < -0.39 is 0 Å². The molecule has 0 aliphatic heterocycles. The van der Waals surface area contributed by atoms with Crippen LogP contribution in [-0.2, 0) is 6.54 Å². The molecule has 2 rings (SSSR count). The van der Waals surface area contributed by atoms with Crippen molar-refractivity contribution < 1.29 is 4.74 Å². The molecule has 0 radical (unpaired) electrons. The molecule has 0 saturated carbocycles. The van der Waals surface area contributed by atoms with E-state index in [4.69, 9.17) is 16.3 Å². The minimum Gasteiger partial charge on any atom is -0.438 e. The van der Waals surface area contributed by atoms with Gasteiger partial charge >= 0.3 is 0 Å². The van der Waals surface area contributed by atoms with E-state index in [-0.39, 0.29) is 0 Å². The first-order valence-electron chi connectivity index (χ1n) is 6.67. The molecular weight excluding hydrogens is 272 g/mol. The maximum atomic E-state index is 5.95. The second kappa shape index (κ2) is 6.73. The van der Waals surface area contributed by atoms with Crippen molar-refractivity contribution >= 4 is 11.6 Å². The Labute approximate surface area is 124 Å². The highest BCUT2D eigenvalue weighted by Crippen LogP contribution is 2.28. The summed E-state index contributed by atoms with van der Waals surface area (Å²) in [6, 6.07) is 9.92. The highest BCUT2D eigenvalue weighted by Gasteiger charge is 2.08. The van der Waals surface area contributed by atoms with Gasteiger partial charge in [0.25, 0.3) is 0 Å². The van der Waals surface area contributed by atoms with Gasteiger partial charge in [0, 0.05) is 29.4 Å². The van der Waals surface area contributed by atoms with Gasteiger partial charge in [-0.3, -0.25) is 0 Å². The van der Waals surface area contributed by atoms with E-state index in [1.54, 1.807) is 6.20 Å². The molecule has 4 heteroatoms. The van der Waals surface area contributed by atoms with E-state index in [2.05, 4.69) is 24.1 Å². The molecule has 0 fully saturated rings. The van der Waals surface area contributed by atoms with Crippen LogP contribution in [0.2, 0.25) is 5.02 Å². The van der Waals surface area contributed by atoms with E-state index in [9.17, 15) is 0 Å². The van der Waals surface area contributed by atoms with Gasteiger partial charge in [0.15, 0.2) is 0 Å². The number of halogens is 1. The summed E-state index contributed by atoms with van der Waals surface area (Å²) in [6.07, 6.45) is 1.74. The summed E-state index contributed by atoms with van der Waals surface area (Å²) >= 11 is 5.95. The second-order valence-corrected chi connectivity index (χ2v) is 5.45. The van der Waals surface area contributed by atoms with Gasteiger partial charge < -0.3 is 10.1 Å². The zero-order valence-electron chi connectivity index (χ0n) is 12.0. The van der Waals surface area contributed by atoms with Crippen LogP contribution in [0.25, 0.3) is 0 Å². The van der Waals surface area contributed by atoms with Crippen molar-refractivity contribution in [2.24, 2.45) is 0 Å². The molecule has 1 N–H and O–H groups in total. The van der Waals surface area contributed by atoms with E-state index >= 15 is 0 Å². The summed E-state index contributed by atoms with van der Waals surface area (Å²) in [5.74, 6) is 1.41. The fourth-order valence-corrected chi connectivity index (χ4v) is 2.02. The Morgan fingerprint density at radius 2 is 2.10 bits per heavy atom. The molecule has 1 heterocycles. The van der Waals surface area contributed by atoms with E-state index in [0.717, 1.165) is 23.4 Å². The fourth-order valence-electron chi connectivity index (χ4n) is 1.80. The number of rotatable bonds is 5. The van der Waals surface area contributed by atoms with Gasteiger partial charge in [-0.05, 0) is 36.8 Å². The summed E-state index contributed by atoms with van der Waals surface area (Å²) in [7, 11) is 0. The first-order chi connectivity index (χ1) is 9.56. The highest BCUT2D eigenvalue weighted by molar-refractivity contribution is 6.30. The third-order valence-corrected chi connectivity index (χ3v) is 3.13. The predicted octanol–water partition coefficient (Wildman–Crippen LogP) is 4.33. The van der Waals surface area contributed by atoms with Crippen LogP contribution in [0.1, 0.15) is 25.0 Å². The van der Waals surface area contributed by atoms with Crippen molar-refractivity contribution in [3.05, 3.63) is 52.7 Å². The minimum atomic E-state index is 0.417. The largest absolute Gasteiger partial charge is 0.438 e. The van der Waals surface area contributed by atoms with E-state index in [1.165, 1.54) is 0 Å². The van der Waals surface area contributed by atoms with Gasteiger partial charge in [-0.25, -0.2) is 4.98 Å². The van der Waals surface area contributed by atoms with Gasteiger partial charge in [-0.1, -0.05) is 31.5 Å². The van der Waals surface area contributed by atoms with Crippen LogP contribution in [0.5, 0.6) is 11.6 Å². The lowest BCUT2D eigenvalue weighted by molar-refractivity contribution is 0.447. The summed E-state index contributed by atoms with van der Waals surface area (Å²) in [6.45, 7) is 6.92. The molecule has 3 nitrogen and oxygen atoms in total. The lowest BCUT2D eigenvalue weighted by atomic mass is 10.2. The quantitative estimate of drug-likeness (QED) is 0.890. The Balaban J connectivity index is 2.20. The van der Waals surface area contributed by atoms with E-state index in [1.807, 2.05) is 37.3 Å². The van der Waals surface area contributed by atoms with Crippen molar-refractivity contribution in [1.29, 1.82) is 0 Å². The standard InChI is InChI=1S/C16H19ClN2O/c1-11(2)19-10-13-5-4-8-18-16(13)20-15-7-6-14(17)9-12(15)3/h4-9,11,19H,10H2,1-3H3. The number of hydrogen-bond acceptors (Lipinski definition) is 3. The number of aromatic nitrogens is 1. The topological polar surface area (TPSA) is 34.1 Å². The average Bonchev–Trinajstić information content (AvgIpc) is 2.41. The predicted molar refractivity (Wildman–Crippen MR) is 82.5 cm³/mol. The number of hydrogen-bond donors (Lipinski definition) is 1. The van der Waals surface area contributed by atoms with Crippen molar-refractivity contribution in [1.82, 2.24) is 10.3 Å². The number of benzene rings is 1. The van der Waals surface area contributed by atoms with Gasteiger partial charge in [-0.2, -0.15) is 0 Å². The number of pyridine rings is 1. The molecule has 0 saturated heterocycles. The van der Waals surface area contributed by atoms with Crippen molar-refractivity contribution in [2.45, 2.75) is 33.4 Å². The Morgan fingerprint density at radius 3 is 2.80 bits per heavy atom. The van der Waals surface area contributed by atoms with Gasteiger partial charge in [0.05, 0.1) is 0 Å². The summed E-state index contributed by atoms with van der Waals surface area (Å²) in [4.78, 5) is 4.32. The lowest BCUT2D eigenvalue weighted by Gasteiger charge is -2.13. The van der Waals surface area contributed by atoms with Crippen LogP contribution in [-0.4, -0.2) is 11.0 Å². The Bertz CT molecular complexity index is 584. The SMILES string of the molecule is Cc1cc(Cl)ccc1Oc1ncccc1CNC(C)C. The van der Waals surface area contributed by atoms with Crippen molar-refractivity contribution in [3.8, 4) is 11.6 Å². The van der Waals surface area contributed by atoms with Crippen LogP contribution in [0.15, 0.2) is 36.5 Å². The number of nitrogens with one attached hydrogen (secondary N) is 1. The molecule has 0 bridgehead atoms. The lowest BCUT2D eigenvalue weighted by Crippen LogP contribution is -2.22. The molecule has 0 aliphatic rings. The van der Waals surface area contributed by atoms with Crippen LogP contribution in [0.3, 0.4) is 0 Å². The fraction of sp³-hybridized carbons (Fsp3) is 0.312. The molecule has 1 aromatic heterocycles. The Hall–Kier alpha value is -1.58. The Morgan fingerprint density at radius 1 is 1.30 bits per heavy atom. The number of nitrogens with zero attached hydrogens (tertiary/aromatic N) is 1. The molecule has 20 heavy (non-hydrogen) atoms. The third-order valence-electron chi connectivity index (χ3n) is 2.89.